The van der Waals surface area contributed by atoms with Crippen molar-refractivity contribution in [2.45, 2.75) is 71.5 Å². The molecule has 0 radical (unpaired) electrons. The molecule has 0 amide bonds. The highest BCUT2D eigenvalue weighted by Gasteiger charge is 2.56. The number of hydrogen-bond acceptors (Lipinski definition) is 5. The van der Waals surface area contributed by atoms with E-state index in [0.717, 1.165) is 47.2 Å². The van der Waals surface area contributed by atoms with Crippen molar-refractivity contribution in [3.63, 3.8) is 0 Å². The van der Waals surface area contributed by atoms with Crippen LogP contribution in [0.5, 0.6) is 0 Å². The maximum absolute atomic E-state index is 13.4. The van der Waals surface area contributed by atoms with Gasteiger partial charge in [-0.1, -0.05) is 27.4 Å². The number of nitrogens with zero attached hydrogens (tertiary/aromatic N) is 3. The van der Waals surface area contributed by atoms with Crippen molar-refractivity contribution in [3.05, 3.63) is 64.5 Å². The van der Waals surface area contributed by atoms with Crippen molar-refractivity contribution in [2.24, 2.45) is 23.2 Å². The minimum Gasteiger partial charge on any atom is -0.383 e. The summed E-state index contributed by atoms with van der Waals surface area (Å²) in [6.07, 6.45) is 10.2. The van der Waals surface area contributed by atoms with Crippen LogP contribution in [0, 0.1) is 23.2 Å². The van der Waals surface area contributed by atoms with E-state index in [9.17, 15) is 4.79 Å². The van der Waals surface area contributed by atoms with Gasteiger partial charge in [0.25, 0.3) is 5.56 Å². The minimum atomic E-state index is 0.0262. The van der Waals surface area contributed by atoms with Crippen LogP contribution in [-0.4, -0.2) is 20.8 Å². The van der Waals surface area contributed by atoms with Crippen LogP contribution in [0.4, 0.5) is 5.69 Å². The molecule has 2 heterocycles. The molecular weight excluding hydrogens is 398 g/mol. The lowest BCUT2D eigenvalue weighted by Crippen LogP contribution is -2.58. The number of hydrogen-bond donors (Lipinski definition) is 2. The maximum Gasteiger partial charge on any atom is 0.272 e. The number of rotatable bonds is 8. The fourth-order valence-electron chi connectivity index (χ4n) is 6.00. The molecule has 32 heavy (non-hydrogen) atoms. The summed E-state index contributed by atoms with van der Waals surface area (Å²) >= 11 is 0. The Hall–Kier alpha value is -2.63. The monoisotopic (exact) mass is 433 g/mol. The molecule has 0 saturated heterocycles. The second-order valence-corrected chi connectivity index (χ2v) is 10.7. The predicted molar refractivity (Wildman–Crippen MR) is 127 cm³/mol. The fraction of sp³-hybridized carbons (Fsp3) is 0.577. The third kappa shape index (κ3) is 3.84. The highest BCUT2D eigenvalue weighted by Crippen LogP contribution is 2.61. The fourth-order valence-corrected chi connectivity index (χ4v) is 6.00. The van der Waals surface area contributed by atoms with E-state index < -0.39 is 0 Å². The van der Waals surface area contributed by atoms with Gasteiger partial charge in [0, 0.05) is 36.2 Å². The summed E-state index contributed by atoms with van der Waals surface area (Å²) in [5.41, 5.74) is 4.28. The van der Waals surface area contributed by atoms with Crippen molar-refractivity contribution in [2.75, 3.05) is 5.32 Å². The molecule has 4 fully saturated rings. The SMILES string of the molecule is C=C(Cn1ncc(N[C@@H]2C[C@@H]3C[C@H]([C@H]2C)C3(C)C)c(C2CC2)c1=O)NCc1ccncc1. The molecule has 2 bridgehead atoms. The van der Waals surface area contributed by atoms with Gasteiger partial charge in [-0.15, -0.1) is 0 Å². The predicted octanol–water partition coefficient (Wildman–Crippen LogP) is 4.30. The Labute approximate surface area is 190 Å². The lowest BCUT2D eigenvalue weighted by Gasteiger charge is -2.62. The zero-order valence-electron chi connectivity index (χ0n) is 19.5. The first kappa shape index (κ1) is 21.2. The second-order valence-electron chi connectivity index (χ2n) is 10.7. The van der Waals surface area contributed by atoms with Gasteiger partial charge in [-0.05, 0) is 72.5 Å². The van der Waals surface area contributed by atoms with Gasteiger partial charge in [0.1, 0.15) is 0 Å². The van der Waals surface area contributed by atoms with Gasteiger partial charge in [-0.3, -0.25) is 9.78 Å². The molecule has 2 aromatic rings. The Morgan fingerprint density at radius 1 is 1.25 bits per heavy atom. The summed E-state index contributed by atoms with van der Waals surface area (Å²) in [7, 11) is 0. The topological polar surface area (TPSA) is 71.8 Å². The Kier molecular flexibility index (Phi) is 5.34. The number of fused-ring (bicyclic) bond motifs is 2. The van der Waals surface area contributed by atoms with E-state index in [1.807, 2.05) is 18.3 Å². The van der Waals surface area contributed by atoms with E-state index >= 15 is 0 Å². The van der Waals surface area contributed by atoms with Crippen LogP contribution in [0.3, 0.4) is 0 Å². The van der Waals surface area contributed by atoms with Crippen LogP contribution in [0.1, 0.15) is 63.5 Å². The van der Waals surface area contributed by atoms with E-state index in [4.69, 9.17) is 0 Å². The second kappa shape index (κ2) is 8.05. The van der Waals surface area contributed by atoms with E-state index in [1.165, 1.54) is 12.8 Å². The molecule has 4 aliphatic rings. The summed E-state index contributed by atoms with van der Waals surface area (Å²) in [5, 5.41) is 11.6. The lowest BCUT2D eigenvalue weighted by molar-refractivity contribution is -0.105. The number of anilines is 1. The molecule has 0 aromatic carbocycles. The molecule has 0 spiro atoms. The van der Waals surface area contributed by atoms with Crippen LogP contribution in [0.25, 0.3) is 0 Å². The van der Waals surface area contributed by atoms with Crippen molar-refractivity contribution >= 4 is 5.69 Å². The summed E-state index contributed by atoms with van der Waals surface area (Å²) in [6, 6.07) is 4.36. The Balaban J connectivity index is 1.29. The van der Waals surface area contributed by atoms with Crippen LogP contribution >= 0.6 is 0 Å². The average Bonchev–Trinajstić information content (AvgIpc) is 3.61. The molecule has 2 N–H and O–H groups in total. The van der Waals surface area contributed by atoms with Crippen molar-refractivity contribution in [1.82, 2.24) is 20.1 Å². The van der Waals surface area contributed by atoms with Crippen LogP contribution in [0.15, 0.2) is 47.8 Å². The highest BCUT2D eigenvalue weighted by atomic mass is 16.1. The number of allylic oxidation sites excluding steroid dienone is 1. The van der Waals surface area contributed by atoms with Gasteiger partial charge in [-0.25, -0.2) is 4.68 Å². The number of aromatic nitrogens is 3. The third-order valence-corrected chi connectivity index (χ3v) is 8.39. The van der Waals surface area contributed by atoms with Crippen molar-refractivity contribution in [3.8, 4) is 0 Å². The molecule has 0 unspecified atom stereocenters. The molecule has 6 nitrogen and oxygen atoms in total. The van der Waals surface area contributed by atoms with Gasteiger partial charge in [0.15, 0.2) is 0 Å². The van der Waals surface area contributed by atoms with E-state index in [1.54, 1.807) is 17.1 Å². The van der Waals surface area contributed by atoms with Gasteiger partial charge >= 0.3 is 0 Å². The molecule has 4 saturated carbocycles. The van der Waals surface area contributed by atoms with Gasteiger partial charge < -0.3 is 10.6 Å². The zero-order chi connectivity index (χ0) is 22.5. The molecule has 0 aliphatic heterocycles. The standard InChI is InChI=1S/C26H35N5O/c1-16(28-13-18-7-9-27-10-8-18)15-31-25(32)24(19-5-6-19)23(14-29-31)30-22-12-20-11-21(17(22)2)26(20,3)4/h7-10,14,17,19-22,28,30H,1,5-6,11-13,15H2,2-4H3/t17-,20+,21-,22-/m1/s1. The minimum absolute atomic E-state index is 0.0262. The first-order valence-electron chi connectivity index (χ1n) is 12.0. The van der Waals surface area contributed by atoms with Gasteiger partial charge in [0.05, 0.1) is 18.4 Å². The molecular formula is C26H35N5O. The largest absolute Gasteiger partial charge is 0.383 e. The van der Waals surface area contributed by atoms with E-state index in [0.29, 0.717) is 36.4 Å². The molecule has 2 aromatic heterocycles. The molecule has 4 aliphatic carbocycles. The lowest BCUT2D eigenvalue weighted by atomic mass is 9.45. The summed E-state index contributed by atoms with van der Waals surface area (Å²) < 4.78 is 1.56. The Bertz CT molecular complexity index is 1060. The summed E-state index contributed by atoms with van der Waals surface area (Å²) in [6.45, 7) is 12.4. The number of nitrogens with one attached hydrogen (secondary N) is 2. The first-order chi connectivity index (χ1) is 15.3. The molecule has 6 rings (SSSR count). The highest BCUT2D eigenvalue weighted by molar-refractivity contribution is 5.52. The van der Waals surface area contributed by atoms with Crippen LogP contribution < -0.4 is 16.2 Å². The molecule has 4 atom stereocenters. The summed E-state index contributed by atoms with van der Waals surface area (Å²) in [4.78, 5) is 17.4. The normalized spacial score (nSPS) is 28.0. The van der Waals surface area contributed by atoms with E-state index in [-0.39, 0.29) is 5.56 Å². The van der Waals surface area contributed by atoms with Gasteiger partial charge in [-0.2, -0.15) is 5.10 Å². The molecule has 170 valence electrons. The van der Waals surface area contributed by atoms with Crippen LogP contribution in [-0.2, 0) is 13.1 Å². The van der Waals surface area contributed by atoms with Crippen molar-refractivity contribution < 1.29 is 0 Å². The van der Waals surface area contributed by atoms with Crippen LogP contribution in [0.2, 0.25) is 0 Å². The zero-order valence-corrected chi connectivity index (χ0v) is 19.5. The maximum atomic E-state index is 13.4. The molecule has 6 heteroatoms. The number of pyridine rings is 1. The third-order valence-electron chi connectivity index (χ3n) is 8.39. The Morgan fingerprint density at radius 2 is 2.00 bits per heavy atom. The Morgan fingerprint density at radius 3 is 2.66 bits per heavy atom. The smallest absolute Gasteiger partial charge is 0.272 e. The van der Waals surface area contributed by atoms with Gasteiger partial charge in [0.2, 0.25) is 0 Å². The first-order valence-corrected chi connectivity index (χ1v) is 12.0. The quantitative estimate of drug-likeness (QED) is 0.649. The average molecular weight is 434 g/mol. The van der Waals surface area contributed by atoms with E-state index in [2.05, 4.69) is 48.1 Å². The van der Waals surface area contributed by atoms with Crippen molar-refractivity contribution in [1.29, 1.82) is 0 Å². The summed E-state index contributed by atoms with van der Waals surface area (Å²) in [5.74, 6) is 2.53.